The van der Waals surface area contributed by atoms with E-state index in [-0.39, 0.29) is 18.1 Å². The lowest BCUT2D eigenvalue weighted by atomic mass is 10.1. The Morgan fingerprint density at radius 3 is 2.67 bits per heavy atom. The Balaban J connectivity index is 1.68. The smallest absolute Gasteiger partial charge is 0.224 e. The molecule has 0 fully saturated rings. The van der Waals surface area contributed by atoms with Gasteiger partial charge in [0, 0.05) is 5.69 Å². The number of aromatic hydroxyl groups is 1. The first-order valence-electron chi connectivity index (χ1n) is 6.66. The number of carbonyl (C=O) groups excluding carboxylic acids is 1. The number of ether oxygens (including phenoxy) is 1. The van der Waals surface area contributed by atoms with Crippen molar-refractivity contribution in [3.8, 4) is 11.5 Å². The summed E-state index contributed by atoms with van der Waals surface area (Å²) >= 11 is 0. The zero-order valence-corrected chi connectivity index (χ0v) is 11.6. The first kappa shape index (κ1) is 14.7. The van der Waals surface area contributed by atoms with Crippen molar-refractivity contribution in [2.24, 2.45) is 0 Å². The van der Waals surface area contributed by atoms with E-state index in [1.165, 1.54) is 0 Å². The summed E-state index contributed by atoms with van der Waals surface area (Å²) in [4.78, 5) is 11.7. The monoisotopic (exact) mass is 286 g/mol. The highest BCUT2D eigenvalue weighted by Crippen LogP contribution is 2.13. The predicted molar refractivity (Wildman–Crippen MR) is 81.2 cm³/mol. The molecule has 0 unspecified atom stereocenters. The maximum absolute atomic E-state index is 11.7. The van der Waals surface area contributed by atoms with E-state index in [0.717, 1.165) is 5.56 Å². The van der Waals surface area contributed by atoms with Gasteiger partial charge in [-0.3, -0.25) is 4.79 Å². The summed E-state index contributed by atoms with van der Waals surface area (Å²) in [6, 6.07) is 13.7. The van der Waals surface area contributed by atoms with Gasteiger partial charge >= 0.3 is 0 Å². The predicted octanol–water partition coefficient (Wildman–Crippen LogP) is 1.71. The Morgan fingerprint density at radius 1 is 1.19 bits per heavy atom. The number of nitrogens with one attached hydrogen (secondary N) is 1. The van der Waals surface area contributed by atoms with Crippen molar-refractivity contribution in [1.82, 2.24) is 5.32 Å². The highest BCUT2D eigenvalue weighted by atomic mass is 16.5. The van der Waals surface area contributed by atoms with Crippen molar-refractivity contribution in [2.45, 2.75) is 6.42 Å². The molecule has 0 heterocycles. The lowest BCUT2D eigenvalue weighted by molar-refractivity contribution is -0.120. The summed E-state index contributed by atoms with van der Waals surface area (Å²) in [7, 11) is 0. The van der Waals surface area contributed by atoms with E-state index < -0.39 is 0 Å². The fraction of sp³-hybridized carbons (Fsp3) is 0.188. The molecule has 0 aliphatic rings. The molecular weight excluding hydrogens is 268 g/mol. The number of hydrogen-bond acceptors (Lipinski definition) is 4. The Morgan fingerprint density at radius 2 is 1.95 bits per heavy atom. The van der Waals surface area contributed by atoms with Gasteiger partial charge in [-0.2, -0.15) is 0 Å². The molecule has 5 heteroatoms. The van der Waals surface area contributed by atoms with E-state index >= 15 is 0 Å². The van der Waals surface area contributed by atoms with Crippen LogP contribution in [0.5, 0.6) is 11.5 Å². The van der Waals surface area contributed by atoms with E-state index in [1.807, 2.05) is 0 Å². The normalized spacial score (nSPS) is 10.1. The van der Waals surface area contributed by atoms with Crippen molar-refractivity contribution in [3.05, 3.63) is 54.1 Å². The average Bonchev–Trinajstić information content (AvgIpc) is 2.45. The van der Waals surface area contributed by atoms with Gasteiger partial charge in [0.15, 0.2) is 0 Å². The van der Waals surface area contributed by atoms with Crippen molar-refractivity contribution >= 4 is 11.6 Å². The molecule has 0 atom stereocenters. The summed E-state index contributed by atoms with van der Waals surface area (Å²) < 4.78 is 5.47. The Kier molecular flexibility index (Phi) is 5.04. The Hall–Kier alpha value is -2.69. The Bertz CT molecular complexity index is 597. The average molecular weight is 286 g/mol. The van der Waals surface area contributed by atoms with Crippen LogP contribution < -0.4 is 15.8 Å². The van der Waals surface area contributed by atoms with Crippen LogP contribution in [0.15, 0.2) is 48.5 Å². The van der Waals surface area contributed by atoms with E-state index in [9.17, 15) is 9.90 Å². The van der Waals surface area contributed by atoms with Crippen LogP contribution in [0.25, 0.3) is 0 Å². The number of anilines is 1. The first-order valence-corrected chi connectivity index (χ1v) is 6.66. The molecule has 110 valence electrons. The number of amides is 1. The molecule has 0 bridgehead atoms. The van der Waals surface area contributed by atoms with Gasteiger partial charge in [0.2, 0.25) is 5.91 Å². The lowest BCUT2D eigenvalue weighted by Crippen LogP contribution is -2.29. The van der Waals surface area contributed by atoms with Crippen molar-refractivity contribution in [3.63, 3.8) is 0 Å². The van der Waals surface area contributed by atoms with E-state index in [1.54, 1.807) is 48.5 Å². The van der Waals surface area contributed by atoms with Crippen molar-refractivity contribution in [1.29, 1.82) is 0 Å². The van der Waals surface area contributed by atoms with E-state index in [4.69, 9.17) is 10.5 Å². The molecular formula is C16H18N2O3. The SMILES string of the molecule is Nc1ccc(OCCNC(=O)Cc2cccc(O)c2)cc1. The minimum Gasteiger partial charge on any atom is -0.508 e. The number of phenols is 1. The van der Waals surface area contributed by atoms with E-state index in [0.29, 0.717) is 24.6 Å². The quantitative estimate of drug-likeness (QED) is 0.557. The summed E-state index contributed by atoms with van der Waals surface area (Å²) in [5.41, 5.74) is 7.03. The fourth-order valence-corrected chi connectivity index (χ4v) is 1.84. The standard InChI is InChI=1S/C16H18N2O3/c17-13-4-6-15(7-5-13)21-9-8-18-16(20)11-12-2-1-3-14(19)10-12/h1-7,10,19H,8-9,11,17H2,(H,18,20). The summed E-state index contributed by atoms with van der Waals surface area (Å²) in [6.45, 7) is 0.803. The molecule has 4 N–H and O–H groups in total. The van der Waals surface area contributed by atoms with Gasteiger partial charge < -0.3 is 20.9 Å². The van der Waals surface area contributed by atoms with Crippen molar-refractivity contribution in [2.75, 3.05) is 18.9 Å². The van der Waals surface area contributed by atoms with Gasteiger partial charge in [0.25, 0.3) is 0 Å². The van der Waals surface area contributed by atoms with Crippen LogP contribution in [-0.2, 0) is 11.2 Å². The number of carbonyl (C=O) groups is 1. The largest absolute Gasteiger partial charge is 0.508 e. The van der Waals surface area contributed by atoms with Crippen molar-refractivity contribution < 1.29 is 14.6 Å². The Labute approximate surface area is 123 Å². The van der Waals surface area contributed by atoms with Gasteiger partial charge in [0.05, 0.1) is 13.0 Å². The third kappa shape index (κ3) is 5.06. The number of hydrogen-bond donors (Lipinski definition) is 3. The van der Waals surface area contributed by atoms with Crippen LogP contribution in [-0.4, -0.2) is 24.2 Å². The number of nitrogens with two attached hydrogens (primary N) is 1. The molecule has 5 nitrogen and oxygen atoms in total. The molecule has 21 heavy (non-hydrogen) atoms. The molecule has 2 rings (SSSR count). The van der Waals surface area contributed by atoms with Crippen LogP contribution in [0.1, 0.15) is 5.56 Å². The molecule has 0 spiro atoms. The number of benzene rings is 2. The summed E-state index contributed by atoms with van der Waals surface area (Å²) in [6.07, 6.45) is 0.232. The maximum atomic E-state index is 11.7. The van der Waals surface area contributed by atoms with Crippen LogP contribution >= 0.6 is 0 Å². The number of phenolic OH excluding ortho intramolecular Hbond substituents is 1. The third-order valence-corrected chi connectivity index (χ3v) is 2.85. The molecule has 2 aromatic rings. The first-order chi connectivity index (χ1) is 10.1. The third-order valence-electron chi connectivity index (χ3n) is 2.85. The lowest BCUT2D eigenvalue weighted by Gasteiger charge is -2.08. The molecule has 0 saturated carbocycles. The molecule has 0 radical (unpaired) electrons. The summed E-state index contributed by atoms with van der Waals surface area (Å²) in [5.74, 6) is 0.764. The number of rotatable bonds is 6. The van der Waals surface area contributed by atoms with Gasteiger partial charge in [-0.25, -0.2) is 0 Å². The zero-order chi connectivity index (χ0) is 15.1. The molecule has 0 saturated heterocycles. The molecule has 0 aliphatic carbocycles. The maximum Gasteiger partial charge on any atom is 0.224 e. The minimum absolute atomic E-state index is 0.110. The van der Waals surface area contributed by atoms with E-state index in [2.05, 4.69) is 5.32 Å². The van der Waals surface area contributed by atoms with Gasteiger partial charge in [-0.15, -0.1) is 0 Å². The second-order valence-corrected chi connectivity index (χ2v) is 4.61. The van der Waals surface area contributed by atoms with Gasteiger partial charge in [0.1, 0.15) is 18.1 Å². The zero-order valence-electron chi connectivity index (χ0n) is 11.6. The highest BCUT2D eigenvalue weighted by Gasteiger charge is 2.03. The molecule has 0 aliphatic heterocycles. The van der Waals surface area contributed by atoms with Crippen LogP contribution in [0.2, 0.25) is 0 Å². The number of nitrogen functional groups attached to an aromatic ring is 1. The molecule has 2 aromatic carbocycles. The van der Waals surface area contributed by atoms with Crippen LogP contribution in [0, 0.1) is 0 Å². The highest BCUT2D eigenvalue weighted by molar-refractivity contribution is 5.78. The second kappa shape index (κ2) is 7.19. The topological polar surface area (TPSA) is 84.6 Å². The molecule has 0 aromatic heterocycles. The minimum atomic E-state index is -0.110. The van der Waals surface area contributed by atoms with Crippen LogP contribution in [0.4, 0.5) is 5.69 Å². The van der Waals surface area contributed by atoms with Gasteiger partial charge in [-0.05, 0) is 42.0 Å². The summed E-state index contributed by atoms with van der Waals surface area (Å²) in [5, 5.41) is 12.1. The van der Waals surface area contributed by atoms with Crippen LogP contribution in [0.3, 0.4) is 0 Å². The van der Waals surface area contributed by atoms with Gasteiger partial charge in [-0.1, -0.05) is 12.1 Å². The second-order valence-electron chi connectivity index (χ2n) is 4.61. The fourth-order valence-electron chi connectivity index (χ4n) is 1.84. The molecule has 1 amide bonds.